The van der Waals surface area contributed by atoms with E-state index in [-0.39, 0.29) is 19.1 Å². The van der Waals surface area contributed by atoms with Crippen LogP contribution in [0.25, 0.3) is 0 Å². The van der Waals surface area contributed by atoms with E-state index in [1.165, 1.54) is 6.21 Å². The number of ether oxygens (including phenoxy) is 4. The van der Waals surface area contributed by atoms with Crippen molar-refractivity contribution in [2.45, 2.75) is 6.10 Å². The number of anilines is 1. The number of hydrogen-bond donors (Lipinski definition) is 2. The van der Waals surface area contributed by atoms with E-state index >= 15 is 0 Å². The molecule has 0 aromatic heterocycles. The molecule has 9 heteroatoms. The highest BCUT2D eigenvalue weighted by molar-refractivity contribution is 5.92. The van der Waals surface area contributed by atoms with Gasteiger partial charge in [0.1, 0.15) is 18.1 Å². The molecule has 9 nitrogen and oxygen atoms in total. The largest absolute Gasteiger partial charge is 0.497 e. The number of rotatable bonds is 8. The number of nitrogens with zero attached hydrogens (tertiary/aromatic N) is 1. The number of hydrogen-bond acceptors (Lipinski definition) is 7. The number of hydrazone groups is 1. The van der Waals surface area contributed by atoms with E-state index in [4.69, 9.17) is 18.9 Å². The molecule has 34 heavy (non-hydrogen) atoms. The summed E-state index contributed by atoms with van der Waals surface area (Å²) in [6, 6.07) is 21.1. The van der Waals surface area contributed by atoms with Gasteiger partial charge in [0.15, 0.2) is 18.1 Å². The van der Waals surface area contributed by atoms with Crippen molar-refractivity contribution in [2.24, 2.45) is 5.10 Å². The number of fused-ring (bicyclic) bond motifs is 1. The van der Waals surface area contributed by atoms with Crippen molar-refractivity contribution in [3.05, 3.63) is 78.4 Å². The maximum absolute atomic E-state index is 12.3. The fourth-order valence-electron chi connectivity index (χ4n) is 3.06. The number of nitrogens with one attached hydrogen (secondary N) is 2. The van der Waals surface area contributed by atoms with Crippen LogP contribution in [0.1, 0.15) is 5.56 Å². The Labute approximate surface area is 196 Å². The minimum atomic E-state index is -0.785. The molecule has 0 spiro atoms. The molecule has 0 radical (unpaired) electrons. The minimum absolute atomic E-state index is 0.108. The predicted molar refractivity (Wildman–Crippen MR) is 126 cm³/mol. The van der Waals surface area contributed by atoms with E-state index in [1.807, 2.05) is 6.07 Å². The van der Waals surface area contributed by atoms with Gasteiger partial charge in [0.25, 0.3) is 11.8 Å². The van der Waals surface area contributed by atoms with Crippen LogP contribution in [0.2, 0.25) is 0 Å². The molecule has 1 atom stereocenters. The zero-order chi connectivity index (χ0) is 23.8. The molecule has 2 amide bonds. The molecule has 0 saturated heterocycles. The summed E-state index contributed by atoms with van der Waals surface area (Å²) in [7, 11) is 1.58. The van der Waals surface area contributed by atoms with Crippen LogP contribution in [0.15, 0.2) is 77.9 Å². The first-order valence-electron chi connectivity index (χ1n) is 10.5. The van der Waals surface area contributed by atoms with Gasteiger partial charge in [0, 0.05) is 5.69 Å². The number of carbonyl (C=O) groups excluding carboxylic acids is 2. The standard InChI is InChI=1S/C25H23N3O6/c1-31-19-12-8-18(9-13-19)27-24(29)16-32-20-10-6-17(7-11-20)14-26-28-25(30)23-15-33-21-4-2-3-5-22(21)34-23/h2-14,23H,15-16H2,1H3,(H,27,29)(H,28,30)/b26-14-/t23-/m1/s1. The number of amides is 2. The lowest BCUT2D eigenvalue weighted by atomic mass is 10.2. The van der Waals surface area contributed by atoms with Gasteiger partial charge in [0.05, 0.1) is 13.3 Å². The maximum Gasteiger partial charge on any atom is 0.284 e. The van der Waals surface area contributed by atoms with Gasteiger partial charge < -0.3 is 24.3 Å². The minimum Gasteiger partial charge on any atom is -0.497 e. The lowest BCUT2D eigenvalue weighted by Gasteiger charge is -2.24. The van der Waals surface area contributed by atoms with Gasteiger partial charge in [-0.25, -0.2) is 5.43 Å². The van der Waals surface area contributed by atoms with Gasteiger partial charge in [-0.05, 0) is 66.2 Å². The van der Waals surface area contributed by atoms with Crippen molar-refractivity contribution in [1.29, 1.82) is 0 Å². The second-order valence-corrected chi connectivity index (χ2v) is 7.23. The number of carbonyl (C=O) groups is 2. The average Bonchev–Trinajstić information content (AvgIpc) is 2.88. The van der Waals surface area contributed by atoms with Crippen LogP contribution in [0.4, 0.5) is 5.69 Å². The van der Waals surface area contributed by atoms with Crippen LogP contribution in [-0.2, 0) is 9.59 Å². The summed E-state index contributed by atoms with van der Waals surface area (Å²) >= 11 is 0. The van der Waals surface area contributed by atoms with E-state index in [2.05, 4.69) is 15.8 Å². The van der Waals surface area contributed by atoms with Gasteiger partial charge >= 0.3 is 0 Å². The number of benzene rings is 3. The van der Waals surface area contributed by atoms with Gasteiger partial charge in [-0.3, -0.25) is 9.59 Å². The zero-order valence-corrected chi connectivity index (χ0v) is 18.4. The summed E-state index contributed by atoms with van der Waals surface area (Å²) in [6.45, 7) is -0.0292. The molecule has 3 aromatic carbocycles. The normalized spacial score (nSPS) is 14.3. The zero-order valence-electron chi connectivity index (χ0n) is 18.4. The average molecular weight is 461 g/mol. The Morgan fingerprint density at radius 1 is 1.00 bits per heavy atom. The third kappa shape index (κ3) is 6.04. The Hall–Kier alpha value is -4.53. The lowest BCUT2D eigenvalue weighted by molar-refractivity contribution is -0.130. The Kier molecular flexibility index (Phi) is 7.24. The summed E-state index contributed by atoms with van der Waals surface area (Å²) in [5.74, 6) is 1.67. The van der Waals surface area contributed by atoms with Crippen molar-refractivity contribution in [2.75, 3.05) is 25.6 Å². The highest BCUT2D eigenvalue weighted by Crippen LogP contribution is 2.30. The van der Waals surface area contributed by atoms with E-state index < -0.39 is 12.0 Å². The van der Waals surface area contributed by atoms with Crippen molar-refractivity contribution >= 4 is 23.7 Å². The van der Waals surface area contributed by atoms with Crippen LogP contribution < -0.4 is 29.7 Å². The second kappa shape index (κ2) is 10.9. The van der Waals surface area contributed by atoms with E-state index in [0.717, 1.165) is 5.56 Å². The van der Waals surface area contributed by atoms with Crippen LogP contribution >= 0.6 is 0 Å². The Bertz CT molecular complexity index is 1160. The van der Waals surface area contributed by atoms with E-state index in [0.29, 0.717) is 28.7 Å². The lowest BCUT2D eigenvalue weighted by Crippen LogP contribution is -2.42. The summed E-state index contributed by atoms with van der Waals surface area (Å²) in [5, 5.41) is 6.71. The Morgan fingerprint density at radius 2 is 1.71 bits per heavy atom. The molecule has 1 heterocycles. The fourth-order valence-corrected chi connectivity index (χ4v) is 3.06. The molecular formula is C25H23N3O6. The van der Waals surface area contributed by atoms with E-state index in [1.54, 1.807) is 73.8 Å². The van der Waals surface area contributed by atoms with Gasteiger partial charge in [-0.15, -0.1) is 0 Å². The van der Waals surface area contributed by atoms with Crippen molar-refractivity contribution in [1.82, 2.24) is 5.43 Å². The summed E-state index contributed by atoms with van der Waals surface area (Å²) < 4.78 is 21.8. The monoisotopic (exact) mass is 461 g/mol. The molecule has 4 rings (SSSR count). The topological polar surface area (TPSA) is 107 Å². The predicted octanol–water partition coefficient (Wildman–Crippen LogP) is 3.00. The molecule has 1 aliphatic rings. The van der Waals surface area contributed by atoms with E-state index in [9.17, 15) is 9.59 Å². The third-order valence-electron chi connectivity index (χ3n) is 4.81. The molecule has 0 unspecified atom stereocenters. The van der Waals surface area contributed by atoms with Crippen LogP contribution in [0.3, 0.4) is 0 Å². The summed E-state index contributed by atoms with van der Waals surface area (Å²) in [6.07, 6.45) is 0.710. The highest BCUT2D eigenvalue weighted by atomic mass is 16.6. The number of para-hydroxylation sites is 2. The molecule has 174 valence electrons. The molecule has 0 saturated carbocycles. The summed E-state index contributed by atoms with van der Waals surface area (Å²) in [5.41, 5.74) is 3.84. The SMILES string of the molecule is COc1ccc(NC(=O)COc2ccc(/C=N\NC(=O)[C@H]3COc4ccccc4O3)cc2)cc1. The Morgan fingerprint density at radius 3 is 2.44 bits per heavy atom. The van der Waals surface area contributed by atoms with Crippen LogP contribution in [0, 0.1) is 0 Å². The molecule has 3 aromatic rings. The number of methoxy groups -OCH3 is 1. The second-order valence-electron chi connectivity index (χ2n) is 7.23. The summed E-state index contributed by atoms with van der Waals surface area (Å²) in [4.78, 5) is 24.3. The fraction of sp³-hybridized carbons (Fsp3) is 0.160. The van der Waals surface area contributed by atoms with Crippen LogP contribution in [-0.4, -0.2) is 44.5 Å². The third-order valence-corrected chi connectivity index (χ3v) is 4.81. The smallest absolute Gasteiger partial charge is 0.284 e. The molecule has 0 aliphatic carbocycles. The van der Waals surface area contributed by atoms with Crippen LogP contribution in [0.5, 0.6) is 23.0 Å². The molecule has 1 aliphatic heterocycles. The first-order valence-corrected chi connectivity index (χ1v) is 10.5. The quantitative estimate of drug-likeness (QED) is 0.395. The maximum atomic E-state index is 12.3. The van der Waals surface area contributed by atoms with Gasteiger partial charge in [-0.1, -0.05) is 12.1 Å². The first kappa shape index (κ1) is 22.7. The van der Waals surface area contributed by atoms with Crippen molar-refractivity contribution < 1.29 is 28.5 Å². The van der Waals surface area contributed by atoms with Crippen molar-refractivity contribution in [3.8, 4) is 23.0 Å². The van der Waals surface area contributed by atoms with Crippen molar-refractivity contribution in [3.63, 3.8) is 0 Å². The molecular weight excluding hydrogens is 438 g/mol. The molecule has 2 N–H and O–H groups in total. The van der Waals surface area contributed by atoms with Gasteiger partial charge in [-0.2, -0.15) is 5.10 Å². The highest BCUT2D eigenvalue weighted by Gasteiger charge is 2.26. The van der Waals surface area contributed by atoms with Gasteiger partial charge in [0.2, 0.25) is 6.10 Å². The molecule has 0 fully saturated rings. The molecule has 0 bridgehead atoms. The Balaban J connectivity index is 1.21. The first-order chi connectivity index (χ1) is 16.6.